The van der Waals surface area contributed by atoms with Gasteiger partial charge in [-0.3, -0.25) is 0 Å². The standard InChI is InChI=1S/C13H22N4/c1-13(2,8-9-14)15-12-7-6-11(16-17-12)10-4-3-5-10/h6-7,10H,3-5,8-9,14H2,1-2H3,(H,15,17). The third-order valence-corrected chi connectivity index (χ3v) is 3.44. The van der Waals surface area contributed by atoms with Gasteiger partial charge in [0, 0.05) is 11.5 Å². The molecule has 0 atom stereocenters. The van der Waals surface area contributed by atoms with Gasteiger partial charge in [-0.1, -0.05) is 6.42 Å². The first-order valence-electron chi connectivity index (χ1n) is 6.42. The lowest BCUT2D eigenvalue weighted by Gasteiger charge is -2.27. The number of hydrogen-bond acceptors (Lipinski definition) is 4. The third kappa shape index (κ3) is 3.16. The second-order valence-corrected chi connectivity index (χ2v) is 5.52. The molecule has 0 radical (unpaired) electrons. The van der Waals surface area contributed by atoms with Crippen molar-refractivity contribution in [2.24, 2.45) is 5.73 Å². The van der Waals surface area contributed by atoms with E-state index in [1.807, 2.05) is 6.07 Å². The molecule has 0 unspecified atom stereocenters. The van der Waals surface area contributed by atoms with Gasteiger partial charge in [-0.2, -0.15) is 5.10 Å². The third-order valence-electron chi connectivity index (χ3n) is 3.44. The molecule has 1 aliphatic carbocycles. The van der Waals surface area contributed by atoms with E-state index >= 15 is 0 Å². The second-order valence-electron chi connectivity index (χ2n) is 5.52. The number of anilines is 1. The molecule has 17 heavy (non-hydrogen) atoms. The molecule has 3 N–H and O–H groups in total. The highest BCUT2D eigenvalue weighted by Gasteiger charge is 2.22. The Morgan fingerprint density at radius 1 is 1.35 bits per heavy atom. The molecule has 4 heteroatoms. The lowest BCUT2D eigenvalue weighted by Crippen LogP contribution is -2.33. The molecule has 1 aliphatic rings. The minimum absolute atomic E-state index is 0.0264. The number of nitrogens with two attached hydrogens (primary N) is 1. The van der Waals surface area contributed by atoms with E-state index in [4.69, 9.17) is 5.73 Å². The lowest BCUT2D eigenvalue weighted by molar-refractivity contribution is 0.408. The Morgan fingerprint density at radius 3 is 2.59 bits per heavy atom. The number of hydrogen-bond donors (Lipinski definition) is 2. The molecule has 1 saturated carbocycles. The summed E-state index contributed by atoms with van der Waals surface area (Å²) in [4.78, 5) is 0. The molecule has 0 bridgehead atoms. The molecule has 0 aromatic carbocycles. The Morgan fingerprint density at radius 2 is 2.12 bits per heavy atom. The van der Waals surface area contributed by atoms with Gasteiger partial charge in [0.05, 0.1) is 5.69 Å². The van der Waals surface area contributed by atoms with Crippen molar-refractivity contribution in [1.29, 1.82) is 0 Å². The van der Waals surface area contributed by atoms with E-state index in [-0.39, 0.29) is 5.54 Å². The normalized spacial score (nSPS) is 16.6. The van der Waals surface area contributed by atoms with Crippen LogP contribution in [0.3, 0.4) is 0 Å². The molecule has 1 aromatic rings. The number of nitrogens with one attached hydrogen (secondary N) is 1. The van der Waals surface area contributed by atoms with Crippen LogP contribution in [0.5, 0.6) is 0 Å². The summed E-state index contributed by atoms with van der Waals surface area (Å²) >= 11 is 0. The fraction of sp³-hybridized carbons (Fsp3) is 0.692. The summed E-state index contributed by atoms with van der Waals surface area (Å²) in [6.07, 6.45) is 4.77. The minimum Gasteiger partial charge on any atom is -0.364 e. The molecule has 0 aliphatic heterocycles. The zero-order valence-electron chi connectivity index (χ0n) is 10.7. The predicted octanol–water partition coefficient (Wildman–Crippen LogP) is 2.28. The van der Waals surface area contributed by atoms with Crippen molar-refractivity contribution in [2.75, 3.05) is 11.9 Å². The van der Waals surface area contributed by atoms with Crippen molar-refractivity contribution in [3.8, 4) is 0 Å². The number of nitrogens with zero attached hydrogens (tertiary/aromatic N) is 2. The summed E-state index contributed by atoms with van der Waals surface area (Å²) in [7, 11) is 0. The monoisotopic (exact) mass is 234 g/mol. The van der Waals surface area contributed by atoms with Gasteiger partial charge < -0.3 is 11.1 Å². The largest absolute Gasteiger partial charge is 0.364 e. The van der Waals surface area contributed by atoms with Crippen molar-refractivity contribution >= 4 is 5.82 Å². The average molecular weight is 234 g/mol. The maximum absolute atomic E-state index is 5.58. The molecule has 1 aromatic heterocycles. The van der Waals surface area contributed by atoms with Gasteiger partial charge >= 0.3 is 0 Å². The maximum Gasteiger partial charge on any atom is 0.149 e. The summed E-state index contributed by atoms with van der Waals surface area (Å²) < 4.78 is 0. The molecule has 94 valence electrons. The summed E-state index contributed by atoms with van der Waals surface area (Å²) in [6, 6.07) is 4.12. The van der Waals surface area contributed by atoms with E-state index < -0.39 is 0 Å². The first-order chi connectivity index (χ1) is 8.11. The van der Waals surface area contributed by atoms with E-state index in [1.165, 1.54) is 19.3 Å². The smallest absolute Gasteiger partial charge is 0.149 e. The van der Waals surface area contributed by atoms with E-state index in [0.29, 0.717) is 12.5 Å². The maximum atomic E-state index is 5.58. The van der Waals surface area contributed by atoms with Crippen molar-refractivity contribution in [3.05, 3.63) is 17.8 Å². The van der Waals surface area contributed by atoms with Crippen LogP contribution >= 0.6 is 0 Å². The molecule has 0 spiro atoms. The van der Waals surface area contributed by atoms with Crippen molar-refractivity contribution in [3.63, 3.8) is 0 Å². The van der Waals surface area contributed by atoms with Crippen LogP contribution in [0.25, 0.3) is 0 Å². The van der Waals surface area contributed by atoms with E-state index in [9.17, 15) is 0 Å². The molecule has 0 saturated heterocycles. The fourth-order valence-corrected chi connectivity index (χ4v) is 2.10. The minimum atomic E-state index is -0.0264. The van der Waals surface area contributed by atoms with Crippen LogP contribution in [0, 0.1) is 0 Å². The molecule has 0 amide bonds. The van der Waals surface area contributed by atoms with Crippen molar-refractivity contribution < 1.29 is 0 Å². The number of rotatable bonds is 5. The van der Waals surface area contributed by atoms with Gasteiger partial charge in [-0.05, 0) is 51.8 Å². The first-order valence-corrected chi connectivity index (χ1v) is 6.42. The highest BCUT2D eigenvalue weighted by atomic mass is 15.2. The second kappa shape index (κ2) is 5.00. The van der Waals surface area contributed by atoms with Crippen LogP contribution in [0.4, 0.5) is 5.82 Å². The molecular weight excluding hydrogens is 212 g/mol. The van der Waals surface area contributed by atoms with E-state index in [1.54, 1.807) is 0 Å². The van der Waals surface area contributed by atoms with Crippen molar-refractivity contribution in [2.45, 2.75) is 51.0 Å². The van der Waals surface area contributed by atoms with Crippen LogP contribution in [-0.4, -0.2) is 22.3 Å². The Kier molecular flexibility index (Phi) is 3.62. The van der Waals surface area contributed by atoms with Crippen LogP contribution in [-0.2, 0) is 0 Å². The quantitative estimate of drug-likeness (QED) is 0.820. The van der Waals surface area contributed by atoms with Gasteiger partial charge in [-0.15, -0.1) is 5.10 Å². The van der Waals surface area contributed by atoms with Gasteiger partial charge in [0.15, 0.2) is 0 Å². The summed E-state index contributed by atoms with van der Waals surface area (Å²) in [6.45, 7) is 4.93. The van der Waals surface area contributed by atoms with Gasteiger partial charge in [0.25, 0.3) is 0 Å². The zero-order chi connectivity index (χ0) is 12.3. The van der Waals surface area contributed by atoms with Crippen molar-refractivity contribution in [1.82, 2.24) is 10.2 Å². The van der Waals surface area contributed by atoms with E-state index in [2.05, 4.69) is 35.4 Å². The molecule has 4 nitrogen and oxygen atoms in total. The van der Waals surface area contributed by atoms with Gasteiger partial charge in [-0.25, -0.2) is 0 Å². The summed E-state index contributed by atoms with van der Waals surface area (Å²) in [5.74, 6) is 1.49. The highest BCUT2D eigenvalue weighted by molar-refractivity contribution is 5.36. The summed E-state index contributed by atoms with van der Waals surface area (Å²) in [5, 5.41) is 11.9. The lowest BCUT2D eigenvalue weighted by atomic mass is 9.83. The Hall–Kier alpha value is -1.16. The molecule has 1 heterocycles. The zero-order valence-corrected chi connectivity index (χ0v) is 10.7. The Balaban J connectivity index is 1.97. The topological polar surface area (TPSA) is 63.8 Å². The van der Waals surface area contributed by atoms with Crippen LogP contribution in [0.1, 0.15) is 51.1 Å². The average Bonchev–Trinajstić information content (AvgIpc) is 2.17. The van der Waals surface area contributed by atoms with Crippen LogP contribution in [0.15, 0.2) is 12.1 Å². The van der Waals surface area contributed by atoms with E-state index in [0.717, 1.165) is 17.9 Å². The van der Waals surface area contributed by atoms with Crippen LogP contribution in [0.2, 0.25) is 0 Å². The molecule has 1 fully saturated rings. The van der Waals surface area contributed by atoms with Crippen LogP contribution < -0.4 is 11.1 Å². The SMILES string of the molecule is CC(C)(CCN)Nc1ccc(C2CCC2)nn1. The summed E-state index contributed by atoms with van der Waals surface area (Å²) in [5.41, 5.74) is 6.69. The van der Waals surface area contributed by atoms with Gasteiger partial charge in [0.1, 0.15) is 5.82 Å². The predicted molar refractivity (Wildman–Crippen MR) is 70.0 cm³/mol. The molecule has 2 rings (SSSR count). The highest BCUT2D eigenvalue weighted by Crippen LogP contribution is 2.35. The van der Waals surface area contributed by atoms with Gasteiger partial charge in [0.2, 0.25) is 0 Å². The Labute approximate surface area is 103 Å². The fourth-order valence-electron chi connectivity index (χ4n) is 2.10. The first kappa shape index (κ1) is 12.3. The molecular formula is C13H22N4. The Bertz CT molecular complexity index is 354. The number of aromatic nitrogens is 2.